The van der Waals surface area contributed by atoms with E-state index in [2.05, 4.69) is 20.1 Å². The zero-order chi connectivity index (χ0) is 19.3. The fourth-order valence-electron chi connectivity index (χ4n) is 2.82. The highest BCUT2D eigenvalue weighted by Crippen LogP contribution is 2.31. The first-order chi connectivity index (χ1) is 12.3. The molecule has 1 aromatic carbocycles. The molecule has 1 saturated carbocycles. The molecule has 11 heteroatoms. The van der Waals surface area contributed by atoms with E-state index in [1.54, 1.807) is 0 Å². The van der Waals surface area contributed by atoms with Gasteiger partial charge in [0.25, 0.3) is 5.69 Å². The normalized spacial score (nSPS) is 19.1. The maximum Gasteiger partial charge on any atom is 0.387 e. The predicted molar refractivity (Wildman–Crippen MR) is 85.0 cm³/mol. The summed E-state index contributed by atoms with van der Waals surface area (Å²) >= 11 is 0. The number of hydrogen-bond acceptors (Lipinski definition) is 6. The maximum atomic E-state index is 12.5. The molecule has 2 amide bonds. The molecule has 1 aliphatic rings. The summed E-state index contributed by atoms with van der Waals surface area (Å²) in [5.74, 6) is -1.38. The van der Waals surface area contributed by atoms with Crippen LogP contribution in [-0.4, -0.2) is 36.7 Å². The maximum absolute atomic E-state index is 12.5. The van der Waals surface area contributed by atoms with E-state index in [0.29, 0.717) is 19.3 Å². The number of rotatable bonds is 6. The molecule has 0 aliphatic heterocycles. The Morgan fingerprint density at radius 2 is 2.08 bits per heavy atom. The van der Waals surface area contributed by atoms with Crippen molar-refractivity contribution in [1.29, 1.82) is 0 Å². The van der Waals surface area contributed by atoms with E-state index in [0.717, 1.165) is 18.2 Å². The average molecular weight is 373 g/mol. The summed E-state index contributed by atoms with van der Waals surface area (Å²) in [6.07, 6.45) is 1.80. The van der Waals surface area contributed by atoms with E-state index in [1.807, 2.05) is 0 Å². The molecular formula is C15H17F2N3O6. The van der Waals surface area contributed by atoms with Gasteiger partial charge in [-0.3, -0.25) is 14.9 Å². The average Bonchev–Trinajstić information content (AvgIpc) is 3.03. The van der Waals surface area contributed by atoms with Gasteiger partial charge in [-0.1, -0.05) is 6.42 Å². The predicted octanol–water partition coefficient (Wildman–Crippen LogP) is 2.66. The van der Waals surface area contributed by atoms with Crippen molar-refractivity contribution in [3.63, 3.8) is 0 Å². The van der Waals surface area contributed by atoms with Gasteiger partial charge in [0, 0.05) is 18.2 Å². The van der Waals surface area contributed by atoms with Crippen molar-refractivity contribution < 1.29 is 32.8 Å². The van der Waals surface area contributed by atoms with Crippen LogP contribution in [0.4, 0.5) is 25.0 Å². The van der Waals surface area contributed by atoms with Gasteiger partial charge in [-0.15, -0.1) is 0 Å². The number of nitro benzene ring substituents is 1. The van der Waals surface area contributed by atoms with Crippen molar-refractivity contribution >= 4 is 23.4 Å². The molecule has 0 bridgehead atoms. The van der Waals surface area contributed by atoms with Gasteiger partial charge in [0.05, 0.1) is 23.6 Å². The third-order valence-corrected chi connectivity index (χ3v) is 3.97. The van der Waals surface area contributed by atoms with E-state index in [1.165, 1.54) is 7.11 Å². The topological polar surface area (TPSA) is 120 Å². The number of nitrogens with one attached hydrogen (secondary N) is 2. The molecule has 1 fully saturated rings. The quantitative estimate of drug-likeness (QED) is 0.449. The lowest BCUT2D eigenvalue weighted by atomic mass is 10.0. The minimum atomic E-state index is -3.17. The van der Waals surface area contributed by atoms with Crippen LogP contribution in [-0.2, 0) is 9.53 Å². The van der Waals surface area contributed by atoms with E-state index in [-0.39, 0.29) is 5.69 Å². The number of esters is 1. The highest BCUT2D eigenvalue weighted by atomic mass is 19.3. The number of ether oxygens (including phenoxy) is 2. The van der Waals surface area contributed by atoms with Gasteiger partial charge < -0.3 is 20.1 Å². The lowest BCUT2D eigenvalue weighted by Gasteiger charge is -2.20. The van der Waals surface area contributed by atoms with E-state index >= 15 is 0 Å². The van der Waals surface area contributed by atoms with Gasteiger partial charge in [0.15, 0.2) is 0 Å². The van der Waals surface area contributed by atoms with Crippen LogP contribution in [0.2, 0.25) is 0 Å². The van der Waals surface area contributed by atoms with Crippen LogP contribution < -0.4 is 15.4 Å². The van der Waals surface area contributed by atoms with E-state index in [4.69, 9.17) is 0 Å². The number of anilines is 1. The number of carbonyl (C=O) groups excluding carboxylic acids is 2. The highest BCUT2D eigenvalue weighted by Gasteiger charge is 2.35. The minimum Gasteiger partial charge on any atom is -0.469 e. The number of carbonyl (C=O) groups is 2. The zero-order valence-electron chi connectivity index (χ0n) is 13.7. The summed E-state index contributed by atoms with van der Waals surface area (Å²) in [7, 11) is 1.24. The Hall–Kier alpha value is -2.98. The first-order valence-electron chi connectivity index (χ1n) is 7.70. The van der Waals surface area contributed by atoms with Gasteiger partial charge in [-0.05, 0) is 18.9 Å². The molecule has 0 heterocycles. The molecule has 0 saturated heterocycles. The Morgan fingerprint density at radius 1 is 1.35 bits per heavy atom. The smallest absolute Gasteiger partial charge is 0.387 e. The number of non-ortho nitro benzene ring substituents is 1. The molecule has 0 spiro atoms. The fraction of sp³-hybridized carbons (Fsp3) is 0.467. The standard InChI is InChI=1S/C15H17F2N3O6/c1-25-13(21)9-3-2-4-10(9)18-15(22)19-11-7-8(20(23)24)5-6-12(11)26-14(16)17/h5-7,9-10,14H,2-4H2,1H3,(H2,18,19,22)/t9-,10-/m0/s1. The van der Waals surface area contributed by atoms with Crippen molar-refractivity contribution in [2.45, 2.75) is 31.9 Å². The van der Waals surface area contributed by atoms with Crippen molar-refractivity contribution in [3.05, 3.63) is 28.3 Å². The lowest BCUT2D eigenvalue weighted by molar-refractivity contribution is -0.384. The molecular weight excluding hydrogens is 356 g/mol. The number of alkyl halides is 2. The van der Waals surface area contributed by atoms with Crippen LogP contribution >= 0.6 is 0 Å². The van der Waals surface area contributed by atoms with Crippen LogP contribution in [0.3, 0.4) is 0 Å². The number of nitro groups is 1. The summed E-state index contributed by atoms with van der Waals surface area (Å²) in [6, 6.07) is 1.56. The largest absolute Gasteiger partial charge is 0.469 e. The summed E-state index contributed by atoms with van der Waals surface area (Å²) in [6.45, 7) is -3.17. The Kier molecular flexibility index (Phi) is 6.26. The second-order valence-corrected chi connectivity index (χ2v) is 5.58. The summed E-state index contributed by atoms with van der Waals surface area (Å²) in [4.78, 5) is 33.9. The van der Waals surface area contributed by atoms with Crippen LogP contribution in [0.15, 0.2) is 18.2 Å². The molecule has 1 aliphatic carbocycles. The van der Waals surface area contributed by atoms with Crippen LogP contribution in [0, 0.1) is 16.0 Å². The third-order valence-electron chi connectivity index (χ3n) is 3.97. The number of urea groups is 1. The number of benzene rings is 1. The Morgan fingerprint density at radius 3 is 2.69 bits per heavy atom. The first kappa shape index (κ1) is 19.3. The van der Waals surface area contributed by atoms with Gasteiger partial charge in [0.1, 0.15) is 5.75 Å². The summed E-state index contributed by atoms with van der Waals surface area (Å²) in [5.41, 5.74) is -0.695. The summed E-state index contributed by atoms with van der Waals surface area (Å²) in [5, 5.41) is 15.6. The number of halogens is 2. The Bertz CT molecular complexity index is 700. The lowest BCUT2D eigenvalue weighted by Crippen LogP contribution is -2.42. The molecule has 26 heavy (non-hydrogen) atoms. The number of amides is 2. The minimum absolute atomic E-state index is 0.287. The zero-order valence-corrected chi connectivity index (χ0v) is 13.7. The van der Waals surface area contributed by atoms with Crippen molar-refractivity contribution in [3.8, 4) is 5.75 Å². The van der Waals surface area contributed by atoms with Gasteiger partial charge in [0.2, 0.25) is 0 Å². The van der Waals surface area contributed by atoms with Crippen LogP contribution in [0.1, 0.15) is 19.3 Å². The second-order valence-electron chi connectivity index (χ2n) is 5.58. The highest BCUT2D eigenvalue weighted by molar-refractivity contribution is 5.92. The number of methoxy groups -OCH3 is 1. The van der Waals surface area contributed by atoms with Crippen LogP contribution in [0.25, 0.3) is 0 Å². The molecule has 142 valence electrons. The summed E-state index contributed by atoms with van der Waals surface area (Å²) < 4.78 is 33.9. The number of nitrogens with zero attached hydrogens (tertiary/aromatic N) is 1. The third kappa shape index (κ3) is 4.77. The van der Waals surface area contributed by atoms with E-state index in [9.17, 15) is 28.5 Å². The molecule has 9 nitrogen and oxygen atoms in total. The SMILES string of the molecule is COC(=O)[C@H]1CCC[C@@H]1NC(=O)Nc1cc([N+](=O)[O-])ccc1OC(F)F. The van der Waals surface area contributed by atoms with Crippen LogP contribution in [0.5, 0.6) is 5.75 Å². The molecule has 0 radical (unpaired) electrons. The van der Waals surface area contributed by atoms with Gasteiger partial charge >= 0.3 is 18.6 Å². The Labute approximate surface area is 146 Å². The van der Waals surface area contributed by atoms with Crippen molar-refractivity contribution in [2.75, 3.05) is 12.4 Å². The van der Waals surface area contributed by atoms with E-state index < -0.39 is 46.9 Å². The molecule has 0 unspecified atom stereocenters. The Balaban J connectivity index is 2.12. The molecule has 0 aromatic heterocycles. The molecule has 2 N–H and O–H groups in total. The molecule has 2 rings (SSSR count). The molecule has 1 aromatic rings. The fourth-order valence-corrected chi connectivity index (χ4v) is 2.82. The molecule has 2 atom stereocenters. The van der Waals surface area contributed by atoms with Crippen molar-refractivity contribution in [1.82, 2.24) is 5.32 Å². The van der Waals surface area contributed by atoms with Gasteiger partial charge in [-0.25, -0.2) is 4.79 Å². The van der Waals surface area contributed by atoms with Gasteiger partial charge in [-0.2, -0.15) is 8.78 Å². The van der Waals surface area contributed by atoms with Crippen molar-refractivity contribution in [2.24, 2.45) is 5.92 Å². The first-order valence-corrected chi connectivity index (χ1v) is 7.70. The monoisotopic (exact) mass is 373 g/mol. The second kappa shape index (κ2) is 8.41. The number of hydrogen-bond donors (Lipinski definition) is 2.